The highest BCUT2D eigenvalue weighted by Crippen LogP contribution is 2.14. The SMILES string of the molecule is O=C1C/C(=C/c2ccco2)C(=O)N1. The van der Waals surface area contributed by atoms with Gasteiger partial charge >= 0.3 is 0 Å². The summed E-state index contributed by atoms with van der Waals surface area (Å²) in [7, 11) is 0. The first kappa shape index (κ1) is 7.79. The molecular formula is C9H7NO3. The topological polar surface area (TPSA) is 59.3 Å². The van der Waals surface area contributed by atoms with Crippen LogP contribution in [0.4, 0.5) is 0 Å². The quantitative estimate of drug-likeness (QED) is 0.507. The Hall–Kier alpha value is -1.84. The van der Waals surface area contributed by atoms with Gasteiger partial charge in [0.05, 0.1) is 12.7 Å². The molecule has 1 fully saturated rings. The van der Waals surface area contributed by atoms with Crippen molar-refractivity contribution in [2.24, 2.45) is 0 Å². The van der Waals surface area contributed by atoms with Crippen molar-refractivity contribution in [3.63, 3.8) is 0 Å². The van der Waals surface area contributed by atoms with Crippen LogP contribution in [-0.4, -0.2) is 11.8 Å². The van der Waals surface area contributed by atoms with E-state index < -0.39 is 0 Å². The number of carbonyl (C=O) groups excluding carboxylic acids is 2. The van der Waals surface area contributed by atoms with Crippen molar-refractivity contribution in [2.75, 3.05) is 0 Å². The molecule has 2 rings (SSSR count). The highest BCUT2D eigenvalue weighted by molar-refractivity contribution is 6.15. The van der Waals surface area contributed by atoms with E-state index in [1.54, 1.807) is 18.2 Å². The molecule has 0 radical (unpaired) electrons. The van der Waals surface area contributed by atoms with Gasteiger partial charge in [-0.25, -0.2) is 0 Å². The zero-order chi connectivity index (χ0) is 9.26. The van der Waals surface area contributed by atoms with Crippen LogP contribution in [0.25, 0.3) is 6.08 Å². The number of furan rings is 1. The molecule has 1 aliphatic rings. The molecule has 1 N–H and O–H groups in total. The van der Waals surface area contributed by atoms with Crippen molar-refractivity contribution in [3.05, 3.63) is 29.7 Å². The lowest BCUT2D eigenvalue weighted by Gasteiger charge is -1.88. The highest BCUT2D eigenvalue weighted by atomic mass is 16.3. The Morgan fingerprint density at radius 3 is 2.85 bits per heavy atom. The van der Waals surface area contributed by atoms with Crippen molar-refractivity contribution in [1.82, 2.24) is 5.32 Å². The number of hydrogen-bond donors (Lipinski definition) is 1. The third-order valence-electron chi connectivity index (χ3n) is 1.76. The van der Waals surface area contributed by atoms with Gasteiger partial charge in [-0.05, 0) is 18.2 Å². The Labute approximate surface area is 74.2 Å². The van der Waals surface area contributed by atoms with Crippen LogP contribution in [0.1, 0.15) is 12.2 Å². The molecule has 2 heterocycles. The summed E-state index contributed by atoms with van der Waals surface area (Å²) >= 11 is 0. The maximum absolute atomic E-state index is 11.1. The maximum atomic E-state index is 11.1. The Kier molecular flexibility index (Phi) is 1.73. The van der Waals surface area contributed by atoms with Crippen molar-refractivity contribution in [3.8, 4) is 0 Å². The summed E-state index contributed by atoms with van der Waals surface area (Å²) < 4.78 is 5.01. The molecule has 0 saturated carbocycles. The normalized spacial score (nSPS) is 19.5. The van der Waals surface area contributed by atoms with E-state index in [1.165, 1.54) is 6.26 Å². The third-order valence-corrected chi connectivity index (χ3v) is 1.76. The summed E-state index contributed by atoms with van der Waals surface area (Å²) in [4.78, 5) is 21.9. The van der Waals surface area contributed by atoms with Crippen LogP contribution in [0.15, 0.2) is 28.4 Å². The van der Waals surface area contributed by atoms with Crippen LogP contribution in [0, 0.1) is 0 Å². The molecule has 4 nitrogen and oxygen atoms in total. The van der Waals surface area contributed by atoms with E-state index in [2.05, 4.69) is 5.32 Å². The monoisotopic (exact) mass is 177 g/mol. The minimum atomic E-state index is -0.332. The molecule has 1 aliphatic heterocycles. The van der Waals surface area contributed by atoms with Gasteiger partial charge in [0.15, 0.2) is 0 Å². The number of amides is 2. The average molecular weight is 177 g/mol. The Balaban J connectivity index is 2.27. The summed E-state index contributed by atoms with van der Waals surface area (Å²) in [5.74, 6) is -0.0101. The lowest BCUT2D eigenvalue weighted by Crippen LogP contribution is -2.19. The highest BCUT2D eigenvalue weighted by Gasteiger charge is 2.23. The minimum Gasteiger partial charge on any atom is -0.465 e. The Morgan fingerprint density at radius 1 is 1.46 bits per heavy atom. The minimum absolute atomic E-state index is 0.138. The fourth-order valence-electron chi connectivity index (χ4n) is 1.17. The standard InChI is InChI=1S/C9H7NO3/c11-8-5-6(9(12)10-8)4-7-2-1-3-13-7/h1-4H,5H2,(H,10,11,12)/b6-4-. The fourth-order valence-corrected chi connectivity index (χ4v) is 1.17. The van der Waals surface area contributed by atoms with E-state index >= 15 is 0 Å². The van der Waals surface area contributed by atoms with E-state index in [9.17, 15) is 9.59 Å². The van der Waals surface area contributed by atoms with Crippen molar-refractivity contribution >= 4 is 17.9 Å². The Bertz CT molecular complexity index is 376. The van der Waals surface area contributed by atoms with Gasteiger partial charge in [-0.1, -0.05) is 0 Å². The first-order valence-corrected chi connectivity index (χ1v) is 3.84. The second-order valence-electron chi connectivity index (χ2n) is 2.74. The lowest BCUT2D eigenvalue weighted by atomic mass is 10.2. The van der Waals surface area contributed by atoms with Gasteiger partial charge in [0.1, 0.15) is 5.76 Å². The molecule has 1 saturated heterocycles. The van der Waals surface area contributed by atoms with Gasteiger partial charge < -0.3 is 4.42 Å². The molecule has 2 amide bonds. The van der Waals surface area contributed by atoms with Crippen LogP contribution in [-0.2, 0) is 9.59 Å². The van der Waals surface area contributed by atoms with Crippen LogP contribution in [0.2, 0.25) is 0 Å². The van der Waals surface area contributed by atoms with Gasteiger partial charge in [-0.15, -0.1) is 0 Å². The van der Waals surface area contributed by atoms with E-state index in [0.29, 0.717) is 11.3 Å². The second-order valence-corrected chi connectivity index (χ2v) is 2.74. The molecule has 0 unspecified atom stereocenters. The first-order valence-electron chi connectivity index (χ1n) is 3.84. The van der Waals surface area contributed by atoms with Crippen LogP contribution in [0.3, 0.4) is 0 Å². The molecular weight excluding hydrogens is 170 g/mol. The third kappa shape index (κ3) is 1.51. The van der Waals surface area contributed by atoms with Crippen molar-refractivity contribution in [1.29, 1.82) is 0 Å². The van der Waals surface area contributed by atoms with Gasteiger partial charge in [0, 0.05) is 5.57 Å². The van der Waals surface area contributed by atoms with Gasteiger partial charge in [-0.2, -0.15) is 0 Å². The van der Waals surface area contributed by atoms with Crippen molar-refractivity contribution < 1.29 is 14.0 Å². The van der Waals surface area contributed by atoms with Crippen LogP contribution >= 0.6 is 0 Å². The number of imide groups is 1. The van der Waals surface area contributed by atoms with Gasteiger partial charge in [0.2, 0.25) is 5.91 Å². The zero-order valence-corrected chi connectivity index (χ0v) is 6.74. The number of carbonyl (C=O) groups is 2. The van der Waals surface area contributed by atoms with E-state index in [0.717, 1.165) is 0 Å². The number of nitrogens with one attached hydrogen (secondary N) is 1. The molecule has 1 aromatic heterocycles. The van der Waals surface area contributed by atoms with E-state index in [-0.39, 0.29) is 18.2 Å². The summed E-state index contributed by atoms with van der Waals surface area (Å²) in [6, 6.07) is 3.45. The molecule has 0 atom stereocenters. The second kappa shape index (κ2) is 2.90. The molecule has 1 aromatic rings. The fraction of sp³-hybridized carbons (Fsp3) is 0.111. The first-order chi connectivity index (χ1) is 6.25. The molecule has 13 heavy (non-hydrogen) atoms. The summed E-state index contributed by atoms with van der Waals surface area (Å²) in [5, 5.41) is 2.19. The smallest absolute Gasteiger partial charge is 0.254 e. The van der Waals surface area contributed by atoms with Crippen LogP contribution < -0.4 is 5.32 Å². The van der Waals surface area contributed by atoms with Crippen molar-refractivity contribution in [2.45, 2.75) is 6.42 Å². The molecule has 0 bridgehead atoms. The molecule has 0 spiro atoms. The predicted octanol–water partition coefficient (Wildman–Crippen LogP) is 0.710. The largest absolute Gasteiger partial charge is 0.465 e. The number of rotatable bonds is 1. The zero-order valence-electron chi connectivity index (χ0n) is 6.74. The average Bonchev–Trinajstić information content (AvgIpc) is 2.63. The molecule has 4 heteroatoms. The molecule has 66 valence electrons. The summed E-state index contributed by atoms with van der Waals surface area (Å²) in [5.41, 5.74) is 0.444. The van der Waals surface area contributed by atoms with E-state index in [4.69, 9.17) is 4.42 Å². The maximum Gasteiger partial charge on any atom is 0.254 e. The molecule has 0 aromatic carbocycles. The van der Waals surface area contributed by atoms with Gasteiger partial charge in [-0.3, -0.25) is 14.9 Å². The summed E-state index contributed by atoms with van der Waals surface area (Å²) in [6.07, 6.45) is 3.22. The van der Waals surface area contributed by atoms with E-state index in [1.807, 2.05) is 0 Å². The lowest BCUT2D eigenvalue weighted by molar-refractivity contribution is -0.124. The summed E-state index contributed by atoms with van der Waals surface area (Å²) in [6.45, 7) is 0. The number of hydrogen-bond acceptors (Lipinski definition) is 3. The molecule has 0 aliphatic carbocycles. The van der Waals surface area contributed by atoms with Gasteiger partial charge in [0.25, 0.3) is 5.91 Å². The Morgan fingerprint density at radius 2 is 2.31 bits per heavy atom. The van der Waals surface area contributed by atoms with Crippen LogP contribution in [0.5, 0.6) is 0 Å². The predicted molar refractivity (Wildman–Crippen MR) is 44.5 cm³/mol.